The van der Waals surface area contributed by atoms with Crippen molar-refractivity contribution in [3.05, 3.63) is 29.8 Å². The van der Waals surface area contributed by atoms with E-state index in [9.17, 15) is 4.57 Å². The van der Waals surface area contributed by atoms with Crippen molar-refractivity contribution < 1.29 is 4.57 Å². The van der Waals surface area contributed by atoms with Crippen LogP contribution in [0.5, 0.6) is 0 Å². The number of rotatable bonds is 1. The van der Waals surface area contributed by atoms with Gasteiger partial charge >= 0.3 is 0 Å². The van der Waals surface area contributed by atoms with Crippen LogP contribution in [0.2, 0.25) is 0 Å². The summed E-state index contributed by atoms with van der Waals surface area (Å²) in [4.78, 5) is 0. The summed E-state index contributed by atoms with van der Waals surface area (Å²) < 4.78 is 12.9. The van der Waals surface area contributed by atoms with Crippen molar-refractivity contribution in [2.24, 2.45) is 0 Å². The van der Waals surface area contributed by atoms with E-state index >= 15 is 0 Å². The van der Waals surface area contributed by atoms with E-state index in [1.807, 2.05) is 6.07 Å². The Hall–Kier alpha value is -0.550. The second kappa shape index (κ2) is 4.04. The molecule has 0 spiro atoms. The van der Waals surface area contributed by atoms with Crippen molar-refractivity contribution in [3.8, 4) is 0 Å². The average Bonchev–Trinajstić information content (AvgIpc) is 2.65. The van der Waals surface area contributed by atoms with Crippen molar-refractivity contribution in [3.63, 3.8) is 0 Å². The van der Waals surface area contributed by atoms with E-state index in [2.05, 4.69) is 39.0 Å². The van der Waals surface area contributed by atoms with Gasteiger partial charge in [0.05, 0.1) is 0 Å². The van der Waals surface area contributed by atoms with Crippen LogP contribution in [-0.2, 0) is 9.98 Å². The van der Waals surface area contributed by atoms with Gasteiger partial charge < -0.3 is 4.57 Å². The summed E-state index contributed by atoms with van der Waals surface area (Å²) in [6.45, 7) is 6.61. The zero-order valence-corrected chi connectivity index (χ0v) is 11.4. The molecular formula is C14H21OP. The lowest BCUT2D eigenvalue weighted by Gasteiger charge is -2.25. The third-order valence-corrected chi connectivity index (χ3v) is 6.79. The Labute approximate surface area is 98.6 Å². The first-order valence-corrected chi connectivity index (χ1v) is 8.19. The maximum Gasteiger partial charge on any atom is 0.115 e. The Morgan fingerprint density at radius 3 is 2.19 bits per heavy atom. The van der Waals surface area contributed by atoms with Crippen LogP contribution in [0, 0.1) is 0 Å². The molecular weight excluding hydrogens is 215 g/mol. The molecule has 0 aliphatic carbocycles. The Kier molecular flexibility index (Phi) is 3.01. The molecule has 0 N–H and O–H groups in total. The van der Waals surface area contributed by atoms with Crippen molar-refractivity contribution in [1.82, 2.24) is 0 Å². The van der Waals surface area contributed by atoms with Crippen molar-refractivity contribution in [2.45, 2.75) is 39.0 Å². The monoisotopic (exact) mass is 236 g/mol. The predicted molar refractivity (Wildman–Crippen MR) is 71.4 cm³/mol. The van der Waals surface area contributed by atoms with Crippen LogP contribution >= 0.6 is 7.14 Å². The van der Waals surface area contributed by atoms with E-state index in [0.717, 1.165) is 30.5 Å². The van der Waals surface area contributed by atoms with Gasteiger partial charge in [0.1, 0.15) is 7.14 Å². The number of hydrogen-bond acceptors (Lipinski definition) is 1. The van der Waals surface area contributed by atoms with E-state index in [1.54, 1.807) is 0 Å². The lowest BCUT2D eigenvalue weighted by atomic mass is 9.87. The van der Waals surface area contributed by atoms with Gasteiger partial charge in [-0.25, -0.2) is 0 Å². The number of benzene rings is 1. The molecule has 1 saturated heterocycles. The van der Waals surface area contributed by atoms with Gasteiger partial charge in [-0.3, -0.25) is 0 Å². The summed E-state index contributed by atoms with van der Waals surface area (Å²) >= 11 is 0. The summed E-state index contributed by atoms with van der Waals surface area (Å²) in [7, 11) is -2.06. The largest absolute Gasteiger partial charge is 0.319 e. The van der Waals surface area contributed by atoms with Crippen LogP contribution in [0.15, 0.2) is 24.3 Å². The molecule has 0 bridgehead atoms. The highest BCUT2D eigenvalue weighted by Gasteiger charge is 2.33. The van der Waals surface area contributed by atoms with E-state index < -0.39 is 7.14 Å². The van der Waals surface area contributed by atoms with Crippen LogP contribution in [0.4, 0.5) is 0 Å². The fourth-order valence-corrected chi connectivity index (χ4v) is 5.93. The fourth-order valence-electron chi connectivity index (χ4n) is 2.55. The molecule has 2 heteroatoms. The van der Waals surface area contributed by atoms with E-state index in [4.69, 9.17) is 0 Å². The molecule has 1 aromatic carbocycles. The molecule has 0 amide bonds. The lowest BCUT2D eigenvalue weighted by Crippen LogP contribution is -2.23. The minimum absolute atomic E-state index is 0.0938. The molecule has 0 saturated carbocycles. The Morgan fingerprint density at radius 1 is 1.06 bits per heavy atom. The quantitative estimate of drug-likeness (QED) is 0.678. The molecule has 0 radical (unpaired) electrons. The highest BCUT2D eigenvalue weighted by atomic mass is 31.2. The molecule has 1 aliphatic heterocycles. The Balaban J connectivity index is 2.53. The SMILES string of the molecule is CC(C)(C)c1ccccc1P1(=O)CCCC1. The van der Waals surface area contributed by atoms with Crippen LogP contribution in [0.25, 0.3) is 0 Å². The van der Waals surface area contributed by atoms with Crippen LogP contribution in [0.3, 0.4) is 0 Å². The topological polar surface area (TPSA) is 17.1 Å². The summed E-state index contributed by atoms with van der Waals surface area (Å²) in [5.41, 5.74) is 1.37. The van der Waals surface area contributed by atoms with Gasteiger partial charge in [-0.05, 0) is 23.8 Å². The highest BCUT2D eigenvalue weighted by Crippen LogP contribution is 2.52. The van der Waals surface area contributed by atoms with Gasteiger partial charge in [-0.1, -0.05) is 45.0 Å². The van der Waals surface area contributed by atoms with Crippen LogP contribution in [0.1, 0.15) is 39.2 Å². The van der Waals surface area contributed by atoms with Gasteiger partial charge in [0.2, 0.25) is 0 Å². The molecule has 1 heterocycles. The smallest absolute Gasteiger partial charge is 0.115 e. The van der Waals surface area contributed by atoms with E-state index in [1.165, 1.54) is 5.56 Å². The zero-order valence-electron chi connectivity index (χ0n) is 10.5. The summed E-state index contributed by atoms with van der Waals surface area (Å²) in [6, 6.07) is 8.33. The summed E-state index contributed by atoms with van der Waals surface area (Å²) in [5, 5.41) is 1.15. The molecule has 1 nitrogen and oxygen atoms in total. The first kappa shape index (κ1) is 11.9. The van der Waals surface area contributed by atoms with E-state index in [0.29, 0.717) is 0 Å². The fraction of sp³-hybridized carbons (Fsp3) is 0.571. The van der Waals surface area contributed by atoms with Crippen molar-refractivity contribution in [1.29, 1.82) is 0 Å². The van der Waals surface area contributed by atoms with Crippen molar-refractivity contribution >= 4 is 12.4 Å². The van der Waals surface area contributed by atoms with Gasteiger partial charge in [0.25, 0.3) is 0 Å². The summed E-state index contributed by atoms with van der Waals surface area (Å²) in [5.74, 6) is 0. The first-order valence-electron chi connectivity index (χ1n) is 6.12. The molecule has 1 aliphatic rings. The summed E-state index contributed by atoms with van der Waals surface area (Å²) in [6.07, 6.45) is 4.10. The average molecular weight is 236 g/mol. The standard InChI is InChI=1S/C14H21OP/c1-14(2,3)12-8-4-5-9-13(12)16(15)10-6-7-11-16/h4-5,8-9H,6-7,10-11H2,1-3H3. The minimum Gasteiger partial charge on any atom is -0.319 e. The van der Waals surface area contributed by atoms with Gasteiger partial charge in [0.15, 0.2) is 0 Å². The molecule has 0 atom stereocenters. The van der Waals surface area contributed by atoms with Gasteiger partial charge in [-0.15, -0.1) is 0 Å². The van der Waals surface area contributed by atoms with Gasteiger partial charge in [-0.2, -0.15) is 0 Å². The molecule has 0 unspecified atom stereocenters. The van der Waals surface area contributed by atoms with E-state index in [-0.39, 0.29) is 5.41 Å². The van der Waals surface area contributed by atoms with Crippen molar-refractivity contribution in [2.75, 3.05) is 12.3 Å². The Morgan fingerprint density at radius 2 is 1.62 bits per heavy atom. The van der Waals surface area contributed by atoms with Gasteiger partial charge in [0, 0.05) is 17.6 Å². The molecule has 0 aromatic heterocycles. The highest BCUT2D eigenvalue weighted by molar-refractivity contribution is 7.72. The van der Waals surface area contributed by atoms with Crippen LogP contribution < -0.4 is 5.30 Å². The molecule has 88 valence electrons. The lowest BCUT2D eigenvalue weighted by molar-refractivity contribution is 0.577. The van der Waals surface area contributed by atoms with Crippen LogP contribution in [-0.4, -0.2) is 12.3 Å². The zero-order chi connectivity index (χ0) is 11.8. The minimum atomic E-state index is -2.06. The molecule has 2 rings (SSSR count). The third-order valence-electron chi connectivity index (χ3n) is 3.44. The molecule has 16 heavy (non-hydrogen) atoms. The molecule has 1 fully saturated rings. The maximum absolute atomic E-state index is 12.9. The number of hydrogen-bond donors (Lipinski definition) is 0. The maximum atomic E-state index is 12.9. The predicted octanol–water partition coefficient (Wildman–Crippen LogP) is 3.77. The second-order valence-electron chi connectivity index (χ2n) is 5.81. The first-order chi connectivity index (χ1) is 7.43. The third kappa shape index (κ3) is 2.11. The Bertz CT molecular complexity index is 419. The molecule has 1 aromatic rings. The second-order valence-corrected chi connectivity index (χ2v) is 8.97. The normalized spacial score (nSPS) is 19.9.